The second-order valence-corrected chi connectivity index (χ2v) is 5.34. The van der Waals surface area contributed by atoms with Gasteiger partial charge in [-0.1, -0.05) is 26.7 Å². The highest BCUT2D eigenvalue weighted by atomic mass is 35.5. The first kappa shape index (κ1) is 13.2. The second kappa shape index (κ2) is 6.62. The van der Waals surface area contributed by atoms with Crippen LogP contribution in [-0.4, -0.2) is 26.6 Å². The quantitative estimate of drug-likeness (QED) is 0.672. The minimum Gasteiger partial charge on any atom is -0.215 e. The molecule has 0 saturated heterocycles. The standard InChI is InChI=1S/C8H18ClNO2S/c1-3-8(4-2)7-10-13(11,12)6-5-9/h8,10H,3-7H2,1-2H3. The lowest BCUT2D eigenvalue weighted by atomic mass is 10.0. The fourth-order valence-corrected chi connectivity index (χ4v) is 2.44. The van der Waals surface area contributed by atoms with Gasteiger partial charge in [0.15, 0.2) is 0 Å². The van der Waals surface area contributed by atoms with Gasteiger partial charge in [-0.2, -0.15) is 0 Å². The Kier molecular flexibility index (Phi) is 6.73. The Morgan fingerprint density at radius 3 is 2.23 bits per heavy atom. The van der Waals surface area contributed by atoms with Gasteiger partial charge in [0.25, 0.3) is 0 Å². The van der Waals surface area contributed by atoms with Crippen molar-refractivity contribution in [2.24, 2.45) is 5.92 Å². The molecule has 3 nitrogen and oxygen atoms in total. The zero-order chi connectivity index (χ0) is 10.3. The van der Waals surface area contributed by atoms with Crippen LogP contribution in [0, 0.1) is 5.92 Å². The topological polar surface area (TPSA) is 46.2 Å². The van der Waals surface area contributed by atoms with E-state index in [1.54, 1.807) is 0 Å². The van der Waals surface area contributed by atoms with Crippen molar-refractivity contribution >= 4 is 21.6 Å². The molecule has 0 aromatic carbocycles. The molecule has 0 atom stereocenters. The largest absolute Gasteiger partial charge is 0.215 e. The molecule has 0 rings (SSSR count). The molecular weight excluding hydrogens is 210 g/mol. The maximum absolute atomic E-state index is 11.2. The molecule has 0 radical (unpaired) electrons. The van der Waals surface area contributed by atoms with E-state index in [2.05, 4.69) is 18.6 Å². The molecule has 0 aromatic heterocycles. The Labute approximate surface area is 85.9 Å². The van der Waals surface area contributed by atoms with Crippen LogP contribution in [0.15, 0.2) is 0 Å². The number of hydrogen-bond acceptors (Lipinski definition) is 2. The van der Waals surface area contributed by atoms with Crippen molar-refractivity contribution in [3.8, 4) is 0 Å². The number of sulfonamides is 1. The van der Waals surface area contributed by atoms with Gasteiger partial charge >= 0.3 is 0 Å². The van der Waals surface area contributed by atoms with Gasteiger partial charge in [-0.05, 0) is 5.92 Å². The molecule has 0 saturated carbocycles. The lowest BCUT2D eigenvalue weighted by molar-refractivity contribution is 0.479. The minimum absolute atomic E-state index is 0.00864. The highest BCUT2D eigenvalue weighted by Crippen LogP contribution is 2.05. The smallest absolute Gasteiger partial charge is 0.212 e. The average Bonchev–Trinajstić information content (AvgIpc) is 2.06. The van der Waals surface area contributed by atoms with Gasteiger partial charge < -0.3 is 0 Å². The number of hydrogen-bond donors (Lipinski definition) is 1. The SMILES string of the molecule is CCC(CC)CNS(=O)(=O)CCCl. The molecule has 0 spiro atoms. The van der Waals surface area contributed by atoms with Crippen LogP contribution in [-0.2, 0) is 10.0 Å². The third kappa shape index (κ3) is 6.29. The molecule has 5 heteroatoms. The van der Waals surface area contributed by atoms with Crippen molar-refractivity contribution in [1.82, 2.24) is 4.72 Å². The third-order valence-electron chi connectivity index (χ3n) is 2.09. The van der Waals surface area contributed by atoms with Gasteiger partial charge in [0.1, 0.15) is 0 Å². The van der Waals surface area contributed by atoms with Crippen molar-refractivity contribution in [3.05, 3.63) is 0 Å². The fraction of sp³-hybridized carbons (Fsp3) is 1.00. The molecule has 0 unspecified atom stereocenters. The minimum atomic E-state index is -3.13. The molecule has 1 N–H and O–H groups in total. The summed E-state index contributed by atoms with van der Waals surface area (Å²) in [6, 6.07) is 0. The van der Waals surface area contributed by atoms with Crippen molar-refractivity contribution in [3.63, 3.8) is 0 Å². The van der Waals surface area contributed by atoms with Crippen molar-refractivity contribution in [2.45, 2.75) is 26.7 Å². The van der Waals surface area contributed by atoms with Gasteiger partial charge in [0.2, 0.25) is 10.0 Å². The van der Waals surface area contributed by atoms with Crippen molar-refractivity contribution in [1.29, 1.82) is 0 Å². The Bertz CT molecular complexity index is 212. The monoisotopic (exact) mass is 227 g/mol. The van der Waals surface area contributed by atoms with E-state index in [4.69, 9.17) is 11.6 Å². The summed E-state index contributed by atoms with van der Waals surface area (Å²) in [5.74, 6) is 0.595. The summed E-state index contributed by atoms with van der Waals surface area (Å²) in [6.07, 6.45) is 2.00. The molecule has 0 heterocycles. The van der Waals surface area contributed by atoms with E-state index >= 15 is 0 Å². The van der Waals surface area contributed by atoms with E-state index in [0.717, 1.165) is 12.8 Å². The predicted molar refractivity (Wildman–Crippen MR) is 56.6 cm³/mol. The Morgan fingerprint density at radius 1 is 1.31 bits per heavy atom. The summed E-state index contributed by atoms with van der Waals surface area (Å²) in [4.78, 5) is 0. The third-order valence-corrected chi connectivity index (χ3v) is 3.85. The molecular formula is C8H18ClNO2S. The van der Waals surface area contributed by atoms with Crippen LogP contribution in [0.2, 0.25) is 0 Å². The van der Waals surface area contributed by atoms with Crippen LogP contribution >= 0.6 is 11.6 Å². The summed E-state index contributed by atoms with van der Waals surface area (Å²) >= 11 is 5.35. The molecule has 0 amide bonds. The zero-order valence-electron chi connectivity index (χ0n) is 8.22. The predicted octanol–water partition coefficient (Wildman–Crippen LogP) is 1.58. The van der Waals surface area contributed by atoms with Crippen LogP contribution < -0.4 is 4.72 Å². The van der Waals surface area contributed by atoms with E-state index in [1.165, 1.54) is 0 Å². The molecule has 0 aliphatic carbocycles. The lowest BCUT2D eigenvalue weighted by Crippen LogP contribution is -2.31. The van der Waals surface area contributed by atoms with E-state index in [0.29, 0.717) is 12.5 Å². The maximum Gasteiger partial charge on any atom is 0.212 e. The lowest BCUT2D eigenvalue weighted by Gasteiger charge is -2.12. The Morgan fingerprint density at radius 2 is 1.85 bits per heavy atom. The summed E-state index contributed by atoms with van der Waals surface area (Å²) in [5.41, 5.74) is 0. The average molecular weight is 228 g/mol. The van der Waals surface area contributed by atoms with E-state index in [-0.39, 0.29) is 11.6 Å². The Hall–Kier alpha value is 0.200. The summed E-state index contributed by atoms with van der Waals surface area (Å²) in [6.45, 7) is 4.65. The first-order valence-electron chi connectivity index (χ1n) is 4.59. The van der Waals surface area contributed by atoms with Crippen LogP contribution in [0.4, 0.5) is 0 Å². The molecule has 0 aromatic rings. The molecule has 0 bridgehead atoms. The normalized spacial score (nSPS) is 12.3. The first-order valence-corrected chi connectivity index (χ1v) is 6.77. The van der Waals surface area contributed by atoms with Crippen LogP contribution in [0.3, 0.4) is 0 Å². The van der Waals surface area contributed by atoms with Gasteiger partial charge in [0.05, 0.1) is 5.75 Å². The zero-order valence-corrected chi connectivity index (χ0v) is 9.79. The van der Waals surface area contributed by atoms with Gasteiger partial charge in [-0.15, -0.1) is 11.6 Å². The number of halogens is 1. The first-order chi connectivity index (χ1) is 6.05. The van der Waals surface area contributed by atoms with E-state index in [9.17, 15) is 8.42 Å². The van der Waals surface area contributed by atoms with Crippen LogP contribution in [0.5, 0.6) is 0 Å². The van der Waals surface area contributed by atoms with E-state index in [1.807, 2.05) is 0 Å². The molecule has 13 heavy (non-hydrogen) atoms. The van der Waals surface area contributed by atoms with Crippen molar-refractivity contribution < 1.29 is 8.42 Å². The maximum atomic E-state index is 11.2. The Balaban J connectivity index is 3.86. The van der Waals surface area contributed by atoms with Crippen LogP contribution in [0.1, 0.15) is 26.7 Å². The van der Waals surface area contributed by atoms with Crippen LogP contribution in [0.25, 0.3) is 0 Å². The van der Waals surface area contributed by atoms with Crippen molar-refractivity contribution in [2.75, 3.05) is 18.2 Å². The number of alkyl halides is 1. The fourth-order valence-electron chi connectivity index (χ4n) is 0.996. The van der Waals surface area contributed by atoms with E-state index < -0.39 is 10.0 Å². The highest BCUT2D eigenvalue weighted by molar-refractivity contribution is 7.89. The number of nitrogens with one attached hydrogen (secondary N) is 1. The van der Waals surface area contributed by atoms with Gasteiger partial charge in [-0.3, -0.25) is 0 Å². The molecule has 80 valence electrons. The van der Waals surface area contributed by atoms with Gasteiger partial charge in [0, 0.05) is 12.4 Å². The summed E-state index contributed by atoms with van der Waals surface area (Å²) < 4.78 is 24.9. The number of rotatable bonds is 7. The summed E-state index contributed by atoms with van der Waals surface area (Å²) in [5, 5.41) is 0. The molecule has 0 aliphatic rings. The molecule has 0 fully saturated rings. The highest BCUT2D eigenvalue weighted by Gasteiger charge is 2.11. The second-order valence-electron chi connectivity index (χ2n) is 3.04. The van der Waals surface area contributed by atoms with Gasteiger partial charge in [-0.25, -0.2) is 13.1 Å². The molecule has 0 aliphatic heterocycles. The summed E-state index contributed by atoms with van der Waals surface area (Å²) in [7, 11) is -3.13.